The van der Waals surface area contributed by atoms with Crippen LogP contribution in [0.4, 0.5) is 0 Å². The van der Waals surface area contributed by atoms with Crippen LogP contribution in [-0.2, 0) is 6.54 Å². The molecule has 0 unspecified atom stereocenters. The summed E-state index contributed by atoms with van der Waals surface area (Å²) in [6.45, 7) is 5.04. The maximum absolute atomic E-state index is 5.99. The number of nitrogens with one attached hydrogen (secondary N) is 1. The zero-order chi connectivity index (χ0) is 14.5. The highest BCUT2D eigenvalue weighted by atomic mass is 79.9. The molecule has 0 saturated heterocycles. The second-order valence-electron chi connectivity index (χ2n) is 4.85. The smallest absolute Gasteiger partial charge is 0.131 e. The molecule has 0 heterocycles. The summed E-state index contributed by atoms with van der Waals surface area (Å²) in [5, 5.41) is 3.42. The molecule has 0 atom stereocenters. The number of benzene rings is 2. The van der Waals surface area contributed by atoms with E-state index in [0.717, 1.165) is 32.6 Å². The second kappa shape index (κ2) is 7.25. The van der Waals surface area contributed by atoms with Gasteiger partial charge in [-0.15, -0.1) is 0 Å². The van der Waals surface area contributed by atoms with Crippen molar-refractivity contribution in [1.29, 1.82) is 0 Å². The average molecular weight is 399 g/mol. The Bertz CT molecular complexity index is 584. The molecule has 4 heteroatoms. The summed E-state index contributed by atoms with van der Waals surface area (Å²) >= 11 is 6.97. The van der Waals surface area contributed by atoms with Crippen LogP contribution in [0.5, 0.6) is 11.5 Å². The normalized spacial score (nSPS) is 10.8. The molecular formula is C16H17Br2NO. The van der Waals surface area contributed by atoms with Gasteiger partial charge in [-0.05, 0) is 36.4 Å². The first-order chi connectivity index (χ1) is 9.54. The first-order valence-corrected chi connectivity index (χ1v) is 8.08. The van der Waals surface area contributed by atoms with Gasteiger partial charge in [-0.3, -0.25) is 0 Å². The van der Waals surface area contributed by atoms with E-state index in [9.17, 15) is 0 Å². The SMILES string of the molecule is CC(C)NCc1cc(Br)ccc1Oc1cccc(Br)c1. The van der Waals surface area contributed by atoms with Gasteiger partial charge in [0, 0.05) is 27.1 Å². The van der Waals surface area contributed by atoms with Gasteiger partial charge in [0.15, 0.2) is 0 Å². The van der Waals surface area contributed by atoms with Crippen molar-refractivity contribution in [1.82, 2.24) is 5.32 Å². The van der Waals surface area contributed by atoms with Crippen LogP contribution in [0.3, 0.4) is 0 Å². The molecule has 20 heavy (non-hydrogen) atoms. The molecule has 0 fully saturated rings. The Morgan fingerprint density at radius 1 is 1.05 bits per heavy atom. The average Bonchev–Trinajstić information content (AvgIpc) is 2.39. The lowest BCUT2D eigenvalue weighted by atomic mass is 10.2. The van der Waals surface area contributed by atoms with Crippen LogP contribution in [0.2, 0.25) is 0 Å². The predicted molar refractivity (Wildman–Crippen MR) is 90.3 cm³/mol. The van der Waals surface area contributed by atoms with E-state index in [1.54, 1.807) is 0 Å². The fraction of sp³-hybridized carbons (Fsp3) is 0.250. The highest BCUT2D eigenvalue weighted by Gasteiger charge is 2.07. The Morgan fingerprint density at radius 2 is 1.80 bits per heavy atom. The summed E-state index contributed by atoms with van der Waals surface area (Å²) in [6, 6.07) is 14.4. The molecule has 1 N–H and O–H groups in total. The van der Waals surface area contributed by atoms with Crippen molar-refractivity contribution < 1.29 is 4.74 Å². The number of rotatable bonds is 5. The molecule has 0 spiro atoms. The molecule has 0 amide bonds. The molecule has 2 rings (SSSR count). The van der Waals surface area contributed by atoms with Crippen LogP contribution in [0.1, 0.15) is 19.4 Å². The van der Waals surface area contributed by atoms with E-state index in [0.29, 0.717) is 6.04 Å². The molecule has 0 radical (unpaired) electrons. The summed E-state index contributed by atoms with van der Waals surface area (Å²) in [5.74, 6) is 1.70. The fourth-order valence-corrected chi connectivity index (χ4v) is 2.54. The van der Waals surface area contributed by atoms with Crippen molar-refractivity contribution in [3.8, 4) is 11.5 Å². The van der Waals surface area contributed by atoms with Gasteiger partial charge in [0.05, 0.1) is 0 Å². The van der Waals surface area contributed by atoms with Crippen molar-refractivity contribution in [3.05, 3.63) is 57.0 Å². The lowest BCUT2D eigenvalue weighted by Crippen LogP contribution is -2.22. The van der Waals surface area contributed by atoms with E-state index in [2.05, 4.69) is 57.1 Å². The second-order valence-corrected chi connectivity index (χ2v) is 6.68. The molecule has 2 aromatic carbocycles. The molecular weight excluding hydrogens is 382 g/mol. The third kappa shape index (κ3) is 4.62. The number of hydrogen-bond acceptors (Lipinski definition) is 2. The fourth-order valence-electron chi connectivity index (χ4n) is 1.76. The number of hydrogen-bond donors (Lipinski definition) is 1. The van der Waals surface area contributed by atoms with Crippen molar-refractivity contribution in [2.45, 2.75) is 26.4 Å². The van der Waals surface area contributed by atoms with Gasteiger partial charge in [0.2, 0.25) is 0 Å². The van der Waals surface area contributed by atoms with Gasteiger partial charge in [0.25, 0.3) is 0 Å². The molecule has 2 aromatic rings. The molecule has 106 valence electrons. The van der Waals surface area contributed by atoms with E-state index >= 15 is 0 Å². The van der Waals surface area contributed by atoms with Crippen molar-refractivity contribution in [2.24, 2.45) is 0 Å². The van der Waals surface area contributed by atoms with Crippen molar-refractivity contribution in [2.75, 3.05) is 0 Å². The number of ether oxygens (including phenoxy) is 1. The predicted octanol–water partition coefficient (Wildman–Crippen LogP) is 5.50. The van der Waals surface area contributed by atoms with E-state index < -0.39 is 0 Å². The van der Waals surface area contributed by atoms with Gasteiger partial charge < -0.3 is 10.1 Å². The van der Waals surface area contributed by atoms with Gasteiger partial charge in [0.1, 0.15) is 11.5 Å². The van der Waals surface area contributed by atoms with Gasteiger partial charge in [-0.1, -0.05) is 51.8 Å². The molecule has 0 aliphatic rings. The highest BCUT2D eigenvalue weighted by molar-refractivity contribution is 9.10. The summed E-state index contributed by atoms with van der Waals surface area (Å²) in [7, 11) is 0. The van der Waals surface area contributed by atoms with E-state index in [1.807, 2.05) is 36.4 Å². The molecule has 0 bridgehead atoms. The van der Waals surface area contributed by atoms with E-state index in [1.165, 1.54) is 0 Å². The number of halogens is 2. The molecule has 0 saturated carbocycles. The minimum Gasteiger partial charge on any atom is -0.457 e. The zero-order valence-corrected chi connectivity index (χ0v) is 14.7. The minimum absolute atomic E-state index is 0.438. The summed E-state index contributed by atoms with van der Waals surface area (Å²) in [6.07, 6.45) is 0. The Morgan fingerprint density at radius 3 is 2.50 bits per heavy atom. The van der Waals surface area contributed by atoms with Gasteiger partial charge in [-0.2, -0.15) is 0 Å². The van der Waals surface area contributed by atoms with Crippen LogP contribution in [0, 0.1) is 0 Å². The Balaban J connectivity index is 2.21. The van der Waals surface area contributed by atoms with Crippen LogP contribution < -0.4 is 10.1 Å². The first kappa shape index (κ1) is 15.5. The molecule has 0 aliphatic heterocycles. The van der Waals surface area contributed by atoms with Crippen molar-refractivity contribution >= 4 is 31.9 Å². The standard InChI is InChI=1S/C16H17Br2NO/c1-11(2)19-10-12-8-14(18)6-7-16(12)20-15-5-3-4-13(17)9-15/h3-9,11,19H,10H2,1-2H3. The van der Waals surface area contributed by atoms with Gasteiger partial charge in [-0.25, -0.2) is 0 Å². The van der Waals surface area contributed by atoms with Crippen LogP contribution in [0.15, 0.2) is 51.4 Å². The Hall–Kier alpha value is -0.840. The maximum Gasteiger partial charge on any atom is 0.131 e. The third-order valence-corrected chi connectivity index (χ3v) is 3.73. The minimum atomic E-state index is 0.438. The van der Waals surface area contributed by atoms with Crippen LogP contribution in [0.25, 0.3) is 0 Å². The maximum atomic E-state index is 5.99. The monoisotopic (exact) mass is 397 g/mol. The van der Waals surface area contributed by atoms with Gasteiger partial charge >= 0.3 is 0 Å². The third-order valence-electron chi connectivity index (χ3n) is 2.75. The Labute approximate surface area is 136 Å². The highest BCUT2D eigenvalue weighted by Crippen LogP contribution is 2.29. The molecule has 0 aromatic heterocycles. The summed E-state index contributed by atoms with van der Waals surface area (Å²) in [4.78, 5) is 0. The summed E-state index contributed by atoms with van der Waals surface area (Å²) < 4.78 is 8.05. The van der Waals surface area contributed by atoms with Crippen LogP contribution >= 0.6 is 31.9 Å². The summed E-state index contributed by atoms with van der Waals surface area (Å²) in [5.41, 5.74) is 1.13. The lowest BCUT2D eigenvalue weighted by Gasteiger charge is -2.14. The largest absolute Gasteiger partial charge is 0.457 e. The molecule has 0 aliphatic carbocycles. The van der Waals surface area contributed by atoms with E-state index in [-0.39, 0.29) is 0 Å². The quantitative estimate of drug-likeness (QED) is 0.717. The topological polar surface area (TPSA) is 21.3 Å². The van der Waals surface area contributed by atoms with Crippen molar-refractivity contribution in [3.63, 3.8) is 0 Å². The Kier molecular flexibility index (Phi) is 5.64. The first-order valence-electron chi connectivity index (χ1n) is 6.50. The molecule has 2 nitrogen and oxygen atoms in total. The zero-order valence-electron chi connectivity index (χ0n) is 11.5. The lowest BCUT2D eigenvalue weighted by molar-refractivity contribution is 0.469. The van der Waals surface area contributed by atoms with Crippen LogP contribution in [-0.4, -0.2) is 6.04 Å². The van der Waals surface area contributed by atoms with E-state index in [4.69, 9.17) is 4.74 Å².